The van der Waals surface area contributed by atoms with Crippen LogP contribution in [0.5, 0.6) is 0 Å². The van der Waals surface area contributed by atoms with Gasteiger partial charge in [0.25, 0.3) is 0 Å². The third-order valence-electron chi connectivity index (χ3n) is 1.96. The van der Waals surface area contributed by atoms with Crippen molar-refractivity contribution in [1.82, 2.24) is 9.97 Å². The van der Waals surface area contributed by atoms with Crippen molar-refractivity contribution in [2.45, 2.75) is 38.8 Å². The van der Waals surface area contributed by atoms with Crippen LogP contribution in [-0.2, 0) is 6.42 Å². The Balaban J connectivity index is 2.66. The number of rotatable bonds is 3. The lowest BCUT2D eigenvalue weighted by atomic mass is 10.1. The van der Waals surface area contributed by atoms with Gasteiger partial charge in [0.1, 0.15) is 0 Å². The van der Waals surface area contributed by atoms with Crippen molar-refractivity contribution < 1.29 is 13.2 Å². The van der Waals surface area contributed by atoms with E-state index in [-0.39, 0.29) is 12.3 Å². The molecule has 0 atom stereocenters. The third kappa shape index (κ3) is 4.27. The molecule has 84 valence electrons. The predicted molar refractivity (Wildman–Crippen MR) is 50.5 cm³/mol. The third-order valence-corrected chi connectivity index (χ3v) is 1.96. The van der Waals surface area contributed by atoms with E-state index in [1.807, 2.05) is 13.8 Å². The van der Waals surface area contributed by atoms with Gasteiger partial charge in [-0.1, -0.05) is 13.8 Å². The van der Waals surface area contributed by atoms with Gasteiger partial charge in [-0.3, -0.25) is 9.97 Å². The minimum atomic E-state index is -4.13. The van der Waals surface area contributed by atoms with E-state index in [2.05, 4.69) is 9.97 Å². The molecule has 1 aromatic heterocycles. The summed E-state index contributed by atoms with van der Waals surface area (Å²) in [6.45, 7) is 3.86. The van der Waals surface area contributed by atoms with Gasteiger partial charge >= 0.3 is 6.18 Å². The SMILES string of the molecule is CC(C)c1cncc(CCC(F)(F)F)n1. The fraction of sp³-hybridized carbons (Fsp3) is 0.600. The Kier molecular flexibility index (Phi) is 3.66. The van der Waals surface area contributed by atoms with Gasteiger partial charge in [-0.05, 0) is 12.3 Å². The van der Waals surface area contributed by atoms with E-state index >= 15 is 0 Å². The van der Waals surface area contributed by atoms with Crippen molar-refractivity contribution in [3.8, 4) is 0 Å². The molecular weight excluding hydrogens is 205 g/mol. The fourth-order valence-electron chi connectivity index (χ4n) is 1.09. The number of aromatic nitrogens is 2. The highest BCUT2D eigenvalue weighted by Gasteiger charge is 2.26. The standard InChI is InChI=1S/C10H13F3N2/c1-7(2)9-6-14-5-8(15-9)3-4-10(11,12)13/h5-7H,3-4H2,1-2H3. The predicted octanol–water partition coefficient (Wildman–Crippen LogP) is 3.09. The Morgan fingerprint density at radius 3 is 2.47 bits per heavy atom. The second-order valence-corrected chi connectivity index (χ2v) is 3.71. The Bertz CT molecular complexity index is 321. The molecule has 0 spiro atoms. The molecule has 0 saturated heterocycles. The van der Waals surface area contributed by atoms with E-state index in [9.17, 15) is 13.2 Å². The molecular formula is C10H13F3N2. The zero-order valence-corrected chi connectivity index (χ0v) is 8.67. The Morgan fingerprint density at radius 1 is 1.27 bits per heavy atom. The summed E-state index contributed by atoms with van der Waals surface area (Å²) in [6.07, 6.45) is -2.10. The number of nitrogens with zero attached hydrogens (tertiary/aromatic N) is 2. The van der Waals surface area contributed by atoms with Crippen molar-refractivity contribution in [1.29, 1.82) is 0 Å². The minimum absolute atomic E-state index is 0.100. The molecule has 0 N–H and O–H groups in total. The van der Waals surface area contributed by atoms with Gasteiger partial charge in [-0.15, -0.1) is 0 Å². The highest BCUT2D eigenvalue weighted by molar-refractivity contribution is 5.06. The number of aryl methyl sites for hydroxylation is 1. The molecule has 0 aliphatic heterocycles. The molecule has 5 heteroatoms. The highest BCUT2D eigenvalue weighted by atomic mass is 19.4. The van der Waals surface area contributed by atoms with Gasteiger partial charge in [0, 0.05) is 18.8 Å². The minimum Gasteiger partial charge on any atom is -0.261 e. The van der Waals surface area contributed by atoms with E-state index in [0.717, 1.165) is 5.69 Å². The van der Waals surface area contributed by atoms with Gasteiger partial charge in [0.2, 0.25) is 0 Å². The van der Waals surface area contributed by atoms with Gasteiger partial charge in [-0.25, -0.2) is 0 Å². The van der Waals surface area contributed by atoms with E-state index in [1.54, 1.807) is 6.20 Å². The van der Waals surface area contributed by atoms with Crippen LogP contribution in [0.4, 0.5) is 13.2 Å². The van der Waals surface area contributed by atoms with Crippen LogP contribution in [0, 0.1) is 0 Å². The van der Waals surface area contributed by atoms with Gasteiger partial charge in [0.15, 0.2) is 0 Å². The zero-order chi connectivity index (χ0) is 11.5. The Morgan fingerprint density at radius 2 is 1.93 bits per heavy atom. The van der Waals surface area contributed by atoms with E-state index in [1.165, 1.54) is 6.20 Å². The highest BCUT2D eigenvalue weighted by Crippen LogP contribution is 2.21. The zero-order valence-electron chi connectivity index (χ0n) is 8.67. The molecule has 0 aliphatic carbocycles. The Labute approximate surface area is 86.6 Å². The van der Waals surface area contributed by atoms with Gasteiger partial charge < -0.3 is 0 Å². The smallest absolute Gasteiger partial charge is 0.261 e. The first-order valence-electron chi connectivity index (χ1n) is 4.76. The van der Waals surface area contributed by atoms with Crippen LogP contribution in [0.3, 0.4) is 0 Å². The summed E-state index contributed by atoms with van der Waals surface area (Å²) < 4.78 is 35.9. The molecule has 0 aromatic carbocycles. The molecule has 0 radical (unpaired) electrons. The Hall–Kier alpha value is -1.13. The topological polar surface area (TPSA) is 25.8 Å². The average molecular weight is 218 g/mol. The van der Waals surface area contributed by atoms with Crippen molar-refractivity contribution in [3.05, 3.63) is 23.8 Å². The largest absolute Gasteiger partial charge is 0.389 e. The van der Waals surface area contributed by atoms with Crippen molar-refractivity contribution >= 4 is 0 Å². The second kappa shape index (κ2) is 4.59. The summed E-state index contributed by atoms with van der Waals surface area (Å²) in [4.78, 5) is 7.99. The quantitative estimate of drug-likeness (QED) is 0.779. The summed E-state index contributed by atoms with van der Waals surface area (Å²) in [5.41, 5.74) is 1.13. The molecule has 0 aliphatic rings. The van der Waals surface area contributed by atoms with Crippen LogP contribution in [0.1, 0.15) is 37.6 Å². The average Bonchev–Trinajstić information content (AvgIpc) is 2.14. The molecule has 0 amide bonds. The maximum atomic E-state index is 12.0. The molecule has 1 heterocycles. The first kappa shape index (κ1) is 11.9. The van der Waals surface area contributed by atoms with Crippen molar-refractivity contribution in [2.24, 2.45) is 0 Å². The van der Waals surface area contributed by atoms with Gasteiger partial charge in [0.05, 0.1) is 11.4 Å². The second-order valence-electron chi connectivity index (χ2n) is 3.71. The summed E-state index contributed by atoms with van der Waals surface area (Å²) in [6, 6.07) is 0. The summed E-state index contributed by atoms with van der Waals surface area (Å²) in [5.74, 6) is 0.184. The van der Waals surface area contributed by atoms with E-state index in [0.29, 0.717) is 5.69 Å². The lowest BCUT2D eigenvalue weighted by Crippen LogP contribution is -2.10. The molecule has 0 fully saturated rings. The number of hydrogen-bond donors (Lipinski definition) is 0. The number of hydrogen-bond acceptors (Lipinski definition) is 2. The summed E-state index contributed by atoms with van der Waals surface area (Å²) in [7, 11) is 0. The van der Waals surface area contributed by atoms with Gasteiger partial charge in [-0.2, -0.15) is 13.2 Å². The van der Waals surface area contributed by atoms with Crippen molar-refractivity contribution in [3.63, 3.8) is 0 Å². The molecule has 15 heavy (non-hydrogen) atoms. The lowest BCUT2D eigenvalue weighted by molar-refractivity contribution is -0.134. The summed E-state index contributed by atoms with van der Waals surface area (Å²) in [5, 5.41) is 0. The van der Waals surface area contributed by atoms with Crippen LogP contribution in [-0.4, -0.2) is 16.1 Å². The van der Waals surface area contributed by atoms with E-state index < -0.39 is 12.6 Å². The maximum absolute atomic E-state index is 12.0. The fourth-order valence-corrected chi connectivity index (χ4v) is 1.09. The van der Waals surface area contributed by atoms with Crippen LogP contribution >= 0.6 is 0 Å². The van der Waals surface area contributed by atoms with E-state index in [4.69, 9.17) is 0 Å². The number of alkyl halides is 3. The first-order chi connectivity index (χ1) is 6.88. The molecule has 0 saturated carbocycles. The van der Waals surface area contributed by atoms with Crippen LogP contribution in [0.2, 0.25) is 0 Å². The molecule has 1 rings (SSSR count). The van der Waals surface area contributed by atoms with Crippen molar-refractivity contribution in [2.75, 3.05) is 0 Å². The normalized spacial score (nSPS) is 12.1. The lowest BCUT2D eigenvalue weighted by Gasteiger charge is -2.07. The van der Waals surface area contributed by atoms with Crippen LogP contribution in [0.15, 0.2) is 12.4 Å². The summed E-state index contributed by atoms with van der Waals surface area (Å²) >= 11 is 0. The maximum Gasteiger partial charge on any atom is 0.389 e. The van der Waals surface area contributed by atoms with Crippen LogP contribution in [0.25, 0.3) is 0 Å². The molecule has 0 unspecified atom stereocenters. The van der Waals surface area contributed by atoms with Crippen LogP contribution < -0.4 is 0 Å². The monoisotopic (exact) mass is 218 g/mol. The number of halogens is 3. The molecule has 0 bridgehead atoms. The molecule has 2 nitrogen and oxygen atoms in total. The first-order valence-corrected chi connectivity index (χ1v) is 4.76. The molecule has 1 aromatic rings.